The third-order valence-corrected chi connectivity index (χ3v) is 2.92. The molecule has 0 saturated heterocycles. The molecule has 4 heteroatoms. The second-order valence-electron chi connectivity index (χ2n) is 4.62. The van der Waals surface area contributed by atoms with Crippen molar-refractivity contribution in [3.8, 4) is 16.9 Å². The van der Waals surface area contributed by atoms with Crippen LogP contribution in [0.2, 0.25) is 0 Å². The van der Waals surface area contributed by atoms with Crippen LogP contribution in [-0.2, 0) is 0 Å². The lowest BCUT2D eigenvalue weighted by molar-refractivity contribution is 0.475. The molecule has 2 aromatic rings. The molecule has 1 heterocycles. The maximum atomic E-state index is 9.49. The summed E-state index contributed by atoms with van der Waals surface area (Å²) in [4.78, 5) is 1.95. The number of aromatic hydroxyl groups is 1. The molecular weight excluding hydrogens is 226 g/mol. The van der Waals surface area contributed by atoms with Crippen LogP contribution in [0.5, 0.6) is 5.75 Å². The van der Waals surface area contributed by atoms with Crippen molar-refractivity contribution in [2.45, 2.75) is 13.8 Å². The number of anilines is 1. The van der Waals surface area contributed by atoms with Gasteiger partial charge in [0.1, 0.15) is 5.75 Å². The van der Waals surface area contributed by atoms with E-state index >= 15 is 0 Å². The Balaban J connectivity index is 2.70. The highest BCUT2D eigenvalue weighted by molar-refractivity contribution is 5.80. The predicted molar refractivity (Wildman–Crippen MR) is 72.9 cm³/mol. The lowest BCUT2D eigenvalue weighted by atomic mass is 9.97. The molecular formula is C14H17N3O. The summed E-state index contributed by atoms with van der Waals surface area (Å²) in [5.74, 6) is 1.12. The Morgan fingerprint density at radius 3 is 2.44 bits per heavy atom. The average molecular weight is 243 g/mol. The van der Waals surface area contributed by atoms with Gasteiger partial charge in [-0.2, -0.15) is 5.10 Å². The molecule has 0 atom stereocenters. The second-order valence-corrected chi connectivity index (χ2v) is 4.62. The van der Waals surface area contributed by atoms with Crippen LogP contribution in [0.1, 0.15) is 11.1 Å². The van der Waals surface area contributed by atoms with E-state index in [0.717, 1.165) is 28.1 Å². The van der Waals surface area contributed by atoms with Gasteiger partial charge >= 0.3 is 0 Å². The van der Waals surface area contributed by atoms with E-state index < -0.39 is 0 Å². The van der Waals surface area contributed by atoms with E-state index in [1.54, 1.807) is 18.3 Å². The molecule has 0 fully saturated rings. The Morgan fingerprint density at radius 1 is 1.11 bits per heavy atom. The molecule has 1 aromatic heterocycles. The van der Waals surface area contributed by atoms with Gasteiger partial charge in [-0.3, -0.25) is 0 Å². The maximum Gasteiger partial charge on any atom is 0.158 e. The number of aromatic nitrogens is 2. The Hall–Kier alpha value is -2.10. The first-order chi connectivity index (χ1) is 8.50. The van der Waals surface area contributed by atoms with E-state index in [4.69, 9.17) is 0 Å². The van der Waals surface area contributed by atoms with Crippen LogP contribution in [-0.4, -0.2) is 29.4 Å². The van der Waals surface area contributed by atoms with Gasteiger partial charge in [-0.05, 0) is 42.7 Å². The topological polar surface area (TPSA) is 49.3 Å². The van der Waals surface area contributed by atoms with E-state index in [9.17, 15) is 5.11 Å². The van der Waals surface area contributed by atoms with Gasteiger partial charge in [0.15, 0.2) is 5.82 Å². The van der Waals surface area contributed by atoms with Crippen LogP contribution < -0.4 is 4.90 Å². The number of aryl methyl sites for hydroxylation is 2. The molecule has 0 saturated carbocycles. The standard InChI is InChI=1S/C14H17N3O/c1-9-7-11(18)5-6-12(9)13-10(2)8-15-16-14(13)17(3)4/h5-8,18H,1-4H3. The van der Waals surface area contributed by atoms with Crippen molar-refractivity contribution in [1.29, 1.82) is 0 Å². The fraction of sp³-hybridized carbons (Fsp3) is 0.286. The molecule has 0 unspecified atom stereocenters. The number of hydrogen-bond acceptors (Lipinski definition) is 4. The molecule has 0 bridgehead atoms. The van der Waals surface area contributed by atoms with E-state index in [0.29, 0.717) is 0 Å². The molecule has 4 nitrogen and oxygen atoms in total. The minimum Gasteiger partial charge on any atom is -0.508 e. The van der Waals surface area contributed by atoms with Gasteiger partial charge in [0.25, 0.3) is 0 Å². The lowest BCUT2D eigenvalue weighted by Crippen LogP contribution is -2.13. The van der Waals surface area contributed by atoms with Crippen molar-refractivity contribution in [3.63, 3.8) is 0 Å². The Labute approximate surface area is 107 Å². The van der Waals surface area contributed by atoms with Gasteiger partial charge in [-0.1, -0.05) is 6.07 Å². The van der Waals surface area contributed by atoms with Gasteiger partial charge in [0.2, 0.25) is 0 Å². The molecule has 0 aliphatic carbocycles. The van der Waals surface area contributed by atoms with Gasteiger partial charge in [-0.15, -0.1) is 5.10 Å². The summed E-state index contributed by atoms with van der Waals surface area (Å²) in [6.45, 7) is 4.00. The summed E-state index contributed by atoms with van der Waals surface area (Å²) in [5, 5.41) is 17.7. The number of rotatable bonds is 2. The van der Waals surface area contributed by atoms with Crippen molar-refractivity contribution >= 4 is 5.82 Å². The highest BCUT2D eigenvalue weighted by atomic mass is 16.3. The van der Waals surface area contributed by atoms with Crippen molar-refractivity contribution in [2.24, 2.45) is 0 Å². The third kappa shape index (κ3) is 2.14. The molecule has 0 spiro atoms. The van der Waals surface area contributed by atoms with Crippen LogP contribution in [0, 0.1) is 13.8 Å². The van der Waals surface area contributed by atoms with Crippen LogP contribution in [0.15, 0.2) is 24.4 Å². The molecule has 0 radical (unpaired) electrons. The maximum absolute atomic E-state index is 9.49. The van der Waals surface area contributed by atoms with Gasteiger partial charge in [0, 0.05) is 19.7 Å². The summed E-state index contributed by atoms with van der Waals surface area (Å²) in [5.41, 5.74) is 4.23. The lowest BCUT2D eigenvalue weighted by Gasteiger charge is -2.18. The summed E-state index contributed by atoms with van der Waals surface area (Å²) >= 11 is 0. The van der Waals surface area contributed by atoms with E-state index in [1.807, 2.05) is 38.9 Å². The quantitative estimate of drug-likeness (QED) is 0.880. The average Bonchev–Trinajstić information content (AvgIpc) is 2.29. The third-order valence-electron chi connectivity index (χ3n) is 2.92. The molecule has 2 rings (SSSR count). The van der Waals surface area contributed by atoms with Gasteiger partial charge in [-0.25, -0.2) is 0 Å². The first-order valence-electron chi connectivity index (χ1n) is 5.80. The van der Waals surface area contributed by atoms with Crippen molar-refractivity contribution in [1.82, 2.24) is 10.2 Å². The van der Waals surface area contributed by atoms with E-state index in [-0.39, 0.29) is 5.75 Å². The molecule has 94 valence electrons. The van der Waals surface area contributed by atoms with Crippen molar-refractivity contribution in [3.05, 3.63) is 35.5 Å². The van der Waals surface area contributed by atoms with Crippen LogP contribution in [0.25, 0.3) is 11.1 Å². The van der Waals surface area contributed by atoms with Crippen LogP contribution in [0.4, 0.5) is 5.82 Å². The molecule has 1 aromatic carbocycles. The number of hydrogen-bond donors (Lipinski definition) is 1. The Morgan fingerprint density at radius 2 is 1.83 bits per heavy atom. The number of phenolic OH excluding ortho intramolecular Hbond substituents is 1. The molecule has 0 aliphatic rings. The number of benzene rings is 1. The van der Waals surface area contributed by atoms with E-state index in [1.165, 1.54) is 0 Å². The smallest absolute Gasteiger partial charge is 0.158 e. The Kier molecular flexibility index (Phi) is 3.19. The molecule has 18 heavy (non-hydrogen) atoms. The normalized spacial score (nSPS) is 10.4. The highest BCUT2D eigenvalue weighted by Gasteiger charge is 2.14. The first-order valence-corrected chi connectivity index (χ1v) is 5.80. The van der Waals surface area contributed by atoms with Crippen molar-refractivity contribution in [2.75, 3.05) is 19.0 Å². The van der Waals surface area contributed by atoms with Gasteiger partial charge in [0.05, 0.1) is 6.20 Å². The largest absolute Gasteiger partial charge is 0.508 e. The zero-order valence-corrected chi connectivity index (χ0v) is 11.1. The summed E-state index contributed by atoms with van der Waals surface area (Å²) in [7, 11) is 3.89. The molecule has 0 aliphatic heterocycles. The number of phenols is 1. The van der Waals surface area contributed by atoms with Crippen LogP contribution >= 0.6 is 0 Å². The summed E-state index contributed by atoms with van der Waals surface area (Å²) in [6, 6.07) is 5.37. The SMILES string of the molecule is Cc1cc(O)ccc1-c1c(C)cnnc1N(C)C. The van der Waals surface area contributed by atoms with Crippen molar-refractivity contribution < 1.29 is 5.11 Å². The minimum absolute atomic E-state index is 0.280. The first kappa shape index (κ1) is 12.4. The second kappa shape index (κ2) is 4.64. The van der Waals surface area contributed by atoms with E-state index in [2.05, 4.69) is 10.2 Å². The fourth-order valence-corrected chi connectivity index (χ4v) is 2.04. The molecule has 1 N–H and O–H groups in total. The zero-order valence-electron chi connectivity index (χ0n) is 11.1. The molecule has 0 amide bonds. The fourth-order valence-electron chi connectivity index (χ4n) is 2.04. The monoisotopic (exact) mass is 243 g/mol. The summed E-state index contributed by atoms with van der Waals surface area (Å²) in [6.07, 6.45) is 1.76. The number of nitrogens with zero attached hydrogens (tertiary/aromatic N) is 3. The summed E-state index contributed by atoms with van der Waals surface area (Å²) < 4.78 is 0. The predicted octanol–water partition coefficient (Wildman–Crippen LogP) is 2.53. The minimum atomic E-state index is 0.280. The zero-order chi connectivity index (χ0) is 13.3. The van der Waals surface area contributed by atoms with Gasteiger partial charge < -0.3 is 10.0 Å². The highest BCUT2D eigenvalue weighted by Crippen LogP contribution is 2.34. The Bertz CT molecular complexity index is 579. The van der Waals surface area contributed by atoms with Crippen LogP contribution in [0.3, 0.4) is 0 Å².